The summed E-state index contributed by atoms with van der Waals surface area (Å²) in [6, 6.07) is 0. The molecule has 2 heterocycles. The van der Waals surface area contributed by atoms with Crippen LogP contribution >= 0.6 is 0 Å². The largest absolute Gasteiger partial charge is 0.396 e. The van der Waals surface area contributed by atoms with Crippen molar-refractivity contribution in [1.82, 2.24) is 29.7 Å². The van der Waals surface area contributed by atoms with Gasteiger partial charge in [-0.2, -0.15) is 24.7 Å². The van der Waals surface area contributed by atoms with E-state index in [4.69, 9.17) is 5.11 Å². The lowest BCUT2D eigenvalue weighted by atomic mass is 10.1. The van der Waals surface area contributed by atoms with Gasteiger partial charge in [0.1, 0.15) is 12.7 Å². The first-order valence-electron chi connectivity index (χ1n) is 6.36. The van der Waals surface area contributed by atoms with E-state index < -0.39 is 0 Å². The summed E-state index contributed by atoms with van der Waals surface area (Å²) in [6.07, 6.45) is 3.67. The van der Waals surface area contributed by atoms with E-state index in [1.165, 1.54) is 17.3 Å². The first kappa shape index (κ1) is 14.1. The number of nitrogens with zero attached hydrogens (tertiary/aromatic N) is 6. The summed E-state index contributed by atoms with van der Waals surface area (Å²) in [7, 11) is 1.73. The lowest BCUT2D eigenvalue weighted by Gasteiger charge is -2.12. The topological polar surface area (TPSA) is 114 Å². The second kappa shape index (κ2) is 6.75. The van der Waals surface area contributed by atoms with Crippen LogP contribution in [0, 0.1) is 5.92 Å². The molecule has 0 fully saturated rings. The molecule has 0 spiro atoms. The van der Waals surface area contributed by atoms with Crippen molar-refractivity contribution in [2.24, 2.45) is 5.92 Å². The summed E-state index contributed by atoms with van der Waals surface area (Å²) in [5.41, 5.74) is 0. The molecule has 0 radical (unpaired) electrons. The summed E-state index contributed by atoms with van der Waals surface area (Å²) in [4.78, 5) is 16.6. The highest BCUT2D eigenvalue weighted by Crippen LogP contribution is 2.09. The van der Waals surface area contributed by atoms with Gasteiger partial charge in [-0.15, -0.1) is 0 Å². The Morgan fingerprint density at radius 1 is 1.30 bits per heavy atom. The predicted molar refractivity (Wildman–Crippen MR) is 73.6 cm³/mol. The van der Waals surface area contributed by atoms with Crippen molar-refractivity contribution in [2.45, 2.75) is 13.3 Å². The first-order chi connectivity index (χ1) is 9.72. The maximum Gasteiger partial charge on any atom is 0.258 e. The number of aromatic nitrogens is 6. The Hall–Kier alpha value is -2.29. The van der Waals surface area contributed by atoms with Crippen molar-refractivity contribution in [1.29, 1.82) is 0 Å². The second-order valence-corrected chi connectivity index (χ2v) is 4.37. The quantitative estimate of drug-likeness (QED) is 0.644. The fourth-order valence-corrected chi connectivity index (χ4v) is 1.56. The molecule has 0 aromatic carbocycles. The van der Waals surface area contributed by atoms with Crippen LogP contribution in [0.5, 0.6) is 0 Å². The molecule has 2 aromatic heterocycles. The summed E-state index contributed by atoms with van der Waals surface area (Å²) in [6.45, 7) is 2.89. The minimum absolute atomic E-state index is 0.173. The van der Waals surface area contributed by atoms with Crippen molar-refractivity contribution < 1.29 is 5.11 Å². The molecular formula is C11H18N8O. The number of nitrogens with one attached hydrogen (secondary N) is 2. The van der Waals surface area contributed by atoms with Crippen LogP contribution in [0.25, 0.3) is 5.95 Å². The third kappa shape index (κ3) is 3.60. The highest BCUT2D eigenvalue weighted by atomic mass is 16.3. The van der Waals surface area contributed by atoms with Crippen molar-refractivity contribution in [2.75, 3.05) is 30.8 Å². The fourth-order valence-electron chi connectivity index (χ4n) is 1.56. The Labute approximate surface area is 116 Å². The van der Waals surface area contributed by atoms with E-state index in [1.54, 1.807) is 7.05 Å². The van der Waals surface area contributed by atoms with Crippen LogP contribution in [0.1, 0.15) is 13.3 Å². The molecule has 20 heavy (non-hydrogen) atoms. The number of aliphatic hydroxyl groups is 1. The van der Waals surface area contributed by atoms with Crippen LogP contribution < -0.4 is 10.6 Å². The molecule has 2 aromatic rings. The van der Waals surface area contributed by atoms with Gasteiger partial charge in [0.25, 0.3) is 5.95 Å². The molecule has 108 valence electrons. The molecule has 0 saturated carbocycles. The lowest BCUT2D eigenvalue weighted by molar-refractivity contribution is 0.265. The van der Waals surface area contributed by atoms with E-state index >= 15 is 0 Å². The van der Waals surface area contributed by atoms with Gasteiger partial charge >= 0.3 is 0 Å². The average molecular weight is 278 g/mol. The maximum absolute atomic E-state index is 8.89. The predicted octanol–water partition coefficient (Wildman–Crippen LogP) is -0.0756. The zero-order valence-electron chi connectivity index (χ0n) is 11.5. The van der Waals surface area contributed by atoms with E-state index in [2.05, 4.69) is 35.7 Å². The Kier molecular flexibility index (Phi) is 4.77. The Bertz CT molecular complexity index is 529. The van der Waals surface area contributed by atoms with Crippen molar-refractivity contribution in [3.8, 4) is 5.95 Å². The molecule has 2 rings (SSSR count). The Morgan fingerprint density at radius 2 is 2.10 bits per heavy atom. The van der Waals surface area contributed by atoms with Crippen LogP contribution in [0.15, 0.2) is 12.7 Å². The molecule has 1 atom stereocenters. The molecule has 9 heteroatoms. The van der Waals surface area contributed by atoms with Crippen LogP contribution in [-0.4, -0.2) is 55.0 Å². The molecule has 0 aliphatic rings. The van der Waals surface area contributed by atoms with Crippen LogP contribution in [0.3, 0.4) is 0 Å². The molecule has 3 N–H and O–H groups in total. The standard InChI is InChI=1S/C11H18N8O/c1-8(3-4-20)5-14-10-16-9(12-2)17-11(18-10)19-7-13-6-15-19/h6-8,20H,3-5H2,1-2H3,(H2,12,14,16,17,18). The van der Waals surface area contributed by atoms with Gasteiger partial charge in [-0.3, -0.25) is 0 Å². The number of hydrogen-bond acceptors (Lipinski definition) is 8. The van der Waals surface area contributed by atoms with Crippen molar-refractivity contribution in [3.63, 3.8) is 0 Å². The highest BCUT2D eigenvalue weighted by molar-refractivity contribution is 5.37. The summed E-state index contributed by atoms with van der Waals surface area (Å²) < 4.78 is 1.46. The van der Waals surface area contributed by atoms with Gasteiger partial charge in [-0.1, -0.05) is 6.92 Å². The van der Waals surface area contributed by atoms with Crippen LogP contribution in [0.2, 0.25) is 0 Å². The molecule has 0 amide bonds. The van der Waals surface area contributed by atoms with E-state index in [-0.39, 0.29) is 6.61 Å². The van der Waals surface area contributed by atoms with Gasteiger partial charge in [0, 0.05) is 20.2 Å². The average Bonchev–Trinajstić information content (AvgIpc) is 2.99. The van der Waals surface area contributed by atoms with Crippen LogP contribution in [-0.2, 0) is 0 Å². The molecule has 0 saturated heterocycles. The molecule has 0 aliphatic carbocycles. The van der Waals surface area contributed by atoms with Crippen molar-refractivity contribution in [3.05, 3.63) is 12.7 Å². The normalized spacial score (nSPS) is 12.2. The Morgan fingerprint density at radius 3 is 2.75 bits per heavy atom. The second-order valence-electron chi connectivity index (χ2n) is 4.37. The molecule has 1 unspecified atom stereocenters. The van der Waals surface area contributed by atoms with Gasteiger partial charge in [-0.25, -0.2) is 4.98 Å². The number of hydrogen-bond donors (Lipinski definition) is 3. The lowest BCUT2D eigenvalue weighted by Crippen LogP contribution is -2.16. The fraction of sp³-hybridized carbons (Fsp3) is 0.545. The zero-order valence-corrected chi connectivity index (χ0v) is 11.5. The van der Waals surface area contributed by atoms with Gasteiger partial charge in [0.05, 0.1) is 0 Å². The minimum atomic E-state index is 0.173. The van der Waals surface area contributed by atoms with E-state index in [0.29, 0.717) is 30.3 Å². The van der Waals surface area contributed by atoms with E-state index in [9.17, 15) is 0 Å². The SMILES string of the molecule is CNc1nc(NCC(C)CCO)nc(-n2cncn2)n1. The monoisotopic (exact) mass is 278 g/mol. The zero-order chi connectivity index (χ0) is 14.4. The highest BCUT2D eigenvalue weighted by Gasteiger charge is 2.09. The van der Waals surface area contributed by atoms with Gasteiger partial charge in [-0.05, 0) is 12.3 Å². The van der Waals surface area contributed by atoms with E-state index in [0.717, 1.165) is 6.42 Å². The molecule has 9 nitrogen and oxygen atoms in total. The van der Waals surface area contributed by atoms with Gasteiger partial charge in [0.15, 0.2) is 0 Å². The smallest absolute Gasteiger partial charge is 0.258 e. The van der Waals surface area contributed by atoms with Crippen molar-refractivity contribution >= 4 is 11.9 Å². The number of aliphatic hydroxyl groups excluding tert-OH is 1. The number of rotatable bonds is 7. The third-order valence-corrected chi connectivity index (χ3v) is 2.70. The van der Waals surface area contributed by atoms with Gasteiger partial charge < -0.3 is 15.7 Å². The summed E-state index contributed by atoms with van der Waals surface area (Å²) in [5, 5.41) is 18.9. The van der Waals surface area contributed by atoms with E-state index in [1.807, 2.05) is 6.92 Å². The minimum Gasteiger partial charge on any atom is -0.396 e. The summed E-state index contributed by atoms with van der Waals surface area (Å²) >= 11 is 0. The molecule has 0 bridgehead atoms. The number of anilines is 2. The summed E-state index contributed by atoms with van der Waals surface area (Å²) in [5.74, 6) is 1.62. The molecular weight excluding hydrogens is 260 g/mol. The first-order valence-corrected chi connectivity index (χ1v) is 6.36. The maximum atomic E-state index is 8.89. The third-order valence-electron chi connectivity index (χ3n) is 2.70. The van der Waals surface area contributed by atoms with Gasteiger partial charge in [0.2, 0.25) is 11.9 Å². The Balaban J connectivity index is 2.14. The molecule has 0 aliphatic heterocycles. The van der Waals surface area contributed by atoms with Crippen LogP contribution in [0.4, 0.5) is 11.9 Å².